The summed E-state index contributed by atoms with van der Waals surface area (Å²) in [6.45, 7) is 7.28. The van der Waals surface area contributed by atoms with Gasteiger partial charge in [-0.1, -0.05) is 13.8 Å². The lowest BCUT2D eigenvalue weighted by atomic mass is 9.94. The van der Waals surface area contributed by atoms with Crippen LogP contribution in [0.3, 0.4) is 0 Å². The molecule has 24 heavy (non-hydrogen) atoms. The molecule has 0 spiro atoms. The van der Waals surface area contributed by atoms with Crippen molar-refractivity contribution in [3.63, 3.8) is 0 Å². The SMILES string of the molecule is CC(C)CC1(CNC(=O)N2CCOC(CN(C)CC(=O)O)C2)CC1. The number of carbonyl (C=O) groups excluding carboxylic acids is 1. The topological polar surface area (TPSA) is 82.1 Å². The van der Waals surface area contributed by atoms with Crippen LogP contribution in [0.4, 0.5) is 4.79 Å². The summed E-state index contributed by atoms with van der Waals surface area (Å²) in [5, 5.41) is 11.9. The molecule has 1 atom stereocenters. The van der Waals surface area contributed by atoms with Crippen LogP contribution in [0.1, 0.15) is 33.1 Å². The van der Waals surface area contributed by atoms with Gasteiger partial charge in [-0.2, -0.15) is 0 Å². The molecule has 0 bridgehead atoms. The van der Waals surface area contributed by atoms with E-state index in [0.29, 0.717) is 37.6 Å². The van der Waals surface area contributed by atoms with Gasteiger partial charge >= 0.3 is 12.0 Å². The van der Waals surface area contributed by atoms with E-state index in [1.165, 1.54) is 19.3 Å². The summed E-state index contributed by atoms with van der Waals surface area (Å²) >= 11 is 0. The van der Waals surface area contributed by atoms with Crippen LogP contribution in [0.25, 0.3) is 0 Å². The Bertz CT molecular complexity index is 451. The zero-order chi connectivity index (χ0) is 17.7. The van der Waals surface area contributed by atoms with Gasteiger partial charge < -0.3 is 20.1 Å². The molecule has 2 rings (SSSR count). The molecule has 0 aromatic carbocycles. The number of aliphatic carboxylic acids is 1. The van der Waals surface area contributed by atoms with Crippen LogP contribution in [0, 0.1) is 11.3 Å². The molecular formula is C17H31N3O4. The Morgan fingerprint density at radius 2 is 2.12 bits per heavy atom. The molecule has 2 N–H and O–H groups in total. The highest BCUT2D eigenvalue weighted by Crippen LogP contribution is 2.50. The van der Waals surface area contributed by atoms with E-state index in [1.807, 2.05) is 0 Å². The molecule has 0 aromatic heterocycles. The maximum atomic E-state index is 12.4. The Morgan fingerprint density at radius 1 is 1.42 bits per heavy atom. The van der Waals surface area contributed by atoms with Crippen molar-refractivity contribution in [2.24, 2.45) is 11.3 Å². The van der Waals surface area contributed by atoms with Crippen LogP contribution < -0.4 is 5.32 Å². The number of rotatable bonds is 8. The highest BCUT2D eigenvalue weighted by molar-refractivity contribution is 5.74. The number of likely N-dealkylation sites (N-methyl/N-ethyl adjacent to an activating group) is 1. The second kappa shape index (κ2) is 8.16. The lowest BCUT2D eigenvalue weighted by Gasteiger charge is -2.35. The maximum absolute atomic E-state index is 12.4. The molecule has 1 saturated heterocycles. The summed E-state index contributed by atoms with van der Waals surface area (Å²) in [6, 6.07) is -0.0285. The van der Waals surface area contributed by atoms with Crippen molar-refractivity contribution in [1.82, 2.24) is 15.1 Å². The molecule has 1 unspecified atom stereocenters. The average molecular weight is 341 g/mol. The van der Waals surface area contributed by atoms with Crippen LogP contribution in [0.5, 0.6) is 0 Å². The summed E-state index contributed by atoms with van der Waals surface area (Å²) in [4.78, 5) is 26.6. The van der Waals surface area contributed by atoms with Gasteiger partial charge in [0.15, 0.2) is 0 Å². The number of nitrogens with zero attached hydrogens (tertiary/aromatic N) is 2. The molecule has 1 saturated carbocycles. The van der Waals surface area contributed by atoms with Gasteiger partial charge in [0, 0.05) is 26.2 Å². The average Bonchev–Trinajstić information content (AvgIpc) is 3.23. The lowest BCUT2D eigenvalue weighted by molar-refractivity contribution is -0.138. The normalized spacial score (nSPS) is 22.7. The van der Waals surface area contributed by atoms with Crippen molar-refractivity contribution in [3.8, 4) is 0 Å². The maximum Gasteiger partial charge on any atom is 0.317 e. The van der Waals surface area contributed by atoms with Crippen molar-refractivity contribution >= 4 is 12.0 Å². The number of carbonyl (C=O) groups is 2. The third-order valence-corrected chi connectivity index (χ3v) is 4.76. The first-order chi connectivity index (χ1) is 11.3. The van der Waals surface area contributed by atoms with Gasteiger partial charge in [0.1, 0.15) is 0 Å². The van der Waals surface area contributed by atoms with Gasteiger partial charge in [-0.05, 0) is 37.6 Å². The monoisotopic (exact) mass is 341 g/mol. The number of urea groups is 1. The summed E-state index contributed by atoms with van der Waals surface area (Å²) in [7, 11) is 1.75. The Morgan fingerprint density at radius 3 is 2.71 bits per heavy atom. The Balaban J connectivity index is 1.75. The Hall–Kier alpha value is -1.34. The van der Waals surface area contributed by atoms with Crippen LogP contribution in [-0.2, 0) is 9.53 Å². The molecule has 2 amide bonds. The van der Waals surface area contributed by atoms with Crippen LogP contribution in [0.2, 0.25) is 0 Å². The van der Waals surface area contributed by atoms with Gasteiger partial charge in [0.2, 0.25) is 0 Å². The highest BCUT2D eigenvalue weighted by Gasteiger charge is 2.43. The number of nitrogens with one attached hydrogen (secondary N) is 1. The zero-order valence-corrected chi connectivity index (χ0v) is 15.1. The van der Waals surface area contributed by atoms with E-state index in [0.717, 1.165) is 6.54 Å². The molecule has 138 valence electrons. The van der Waals surface area contributed by atoms with Gasteiger partial charge in [-0.25, -0.2) is 4.79 Å². The van der Waals surface area contributed by atoms with Crippen molar-refractivity contribution in [1.29, 1.82) is 0 Å². The molecule has 1 heterocycles. The number of amides is 2. The number of hydrogen-bond donors (Lipinski definition) is 2. The molecule has 2 aliphatic rings. The van der Waals surface area contributed by atoms with Gasteiger partial charge in [0.25, 0.3) is 0 Å². The third-order valence-electron chi connectivity index (χ3n) is 4.76. The highest BCUT2D eigenvalue weighted by atomic mass is 16.5. The number of morpholine rings is 1. The number of hydrogen-bond acceptors (Lipinski definition) is 4. The quantitative estimate of drug-likeness (QED) is 0.694. The summed E-state index contributed by atoms with van der Waals surface area (Å²) in [5.41, 5.74) is 0.317. The first-order valence-electron chi connectivity index (χ1n) is 8.84. The second-order valence-electron chi connectivity index (χ2n) is 7.79. The van der Waals surface area contributed by atoms with E-state index in [4.69, 9.17) is 9.84 Å². The molecule has 2 fully saturated rings. The predicted molar refractivity (Wildman–Crippen MR) is 91.0 cm³/mol. The molecular weight excluding hydrogens is 310 g/mol. The minimum atomic E-state index is -0.859. The third kappa shape index (κ3) is 5.94. The van der Waals surface area contributed by atoms with Crippen molar-refractivity contribution < 1.29 is 19.4 Å². The Labute approximate surface area is 144 Å². The fraction of sp³-hybridized carbons (Fsp3) is 0.882. The van der Waals surface area contributed by atoms with E-state index in [1.54, 1.807) is 16.8 Å². The predicted octanol–water partition coefficient (Wildman–Crippen LogP) is 1.24. The van der Waals surface area contributed by atoms with Gasteiger partial charge in [-0.3, -0.25) is 9.69 Å². The minimum Gasteiger partial charge on any atom is -0.480 e. The van der Waals surface area contributed by atoms with E-state index in [-0.39, 0.29) is 18.7 Å². The first-order valence-corrected chi connectivity index (χ1v) is 8.84. The minimum absolute atomic E-state index is 0.0240. The van der Waals surface area contributed by atoms with Crippen LogP contribution in [0.15, 0.2) is 0 Å². The Kier molecular flexibility index (Phi) is 6.46. The molecule has 7 nitrogen and oxygen atoms in total. The standard InChI is InChI=1S/C17H31N3O4/c1-13(2)8-17(4-5-17)12-18-16(23)20-6-7-24-14(10-20)9-19(3)11-15(21)22/h13-14H,4-12H2,1-3H3,(H,18,23)(H,21,22). The summed E-state index contributed by atoms with van der Waals surface area (Å²) in [5.74, 6) is -0.204. The smallest absolute Gasteiger partial charge is 0.317 e. The van der Waals surface area contributed by atoms with E-state index >= 15 is 0 Å². The van der Waals surface area contributed by atoms with Gasteiger partial charge in [0.05, 0.1) is 19.3 Å². The van der Waals surface area contributed by atoms with Crippen LogP contribution >= 0.6 is 0 Å². The summed E-state index contributed by atoms with van der Waals surface area (Å²) < 4.78 is 5.66. The van der Waals surface area contributed by atoms with E-state index < -0.39 is 5.97 Å². The molecule has 0 radical (unpaired) electrons. The van der Waals surface area contributed by atoms with Crippen molar-refractivity contribution in [3.05, 3.63) is 0 Å². The van der Waals surface area contributed by atoms with Crippen molar-refractivity contribution in [2.75, 3.05) is 46.4 Å². The molecule has 1 aliphatic carbocycles. The second-order valence-corrected chi connectivity index (χ2v) is 7.79. The van der Waals surface area contributed by atoms with Crippen molar-refractivity contribution in [2.45, 2.75) is 39.2 Å². The number of ether oxygens (including phenoxy) is 1. The molecule has 7 heteroatoms. The van der Waals surface area contributed by atoms with E-state index in [2.05, 4.69) is 19.2 Å². The lowest BCUT2D eigenvalue weighted by Crippen LogP contribution is -2.53. The largest absolute Gasteiger partial charge is 0.480 e. The first kappa shape index (κ1) is 19.0. The fourth-order valence-electron chi connectivity index (χ4n) is 3.53. The fourth-order valence-corrected chi connectivity index (χ4v) is 3.53. The zero-order valence-electron chi connectivity index (χ0n) is 15.1. The summed E-state index contributed by atoms with van der Waals surface area (Å²) in [6.07, 6.45) is 3.44. The van der Waals surface area contributed by atoms with Crippen LogP contribution in [-0.4, -0.2) is 79.4 Å². The molecule has 0 aromatic rings. The number of carboxylic acids is 1. The number of carboxylic acid groups (broad SMARTS) is 1. The van der Waals surface area contributed by atoms with Gasteiger partial charge in [-0.15, -0.1) is 0 Å². The van der Waals surface area contributed by atoms with E-state index in [9.17, 15) is 9.59 Å². The molecule has 1 aliphatic heterocycles.